The molecule has 0 aliphatic carbocycles. The van der Waals surface area contributed by atoms with Crippen molar-refractivity contribution in [1.29, 1.82) is 0 Å². The van der Waals surface area contributed by atoms with Crippen molar-refractivity contribution in [2.45, 2.75) is 0 Å². The molecule has 0 atom stereocenters. The monoisotopic (exact) mass is 379 g/mol. The second-order valence-electron chi connectivity index (χ2n) is 4.26. The van der Waals surface area contributed by atoms with Crippen molar-refractivity contribution in [1.82, 2.24) is 15.0 Å². The Morgan fingerprint density at radius 2 is 1.62 bits per heavy atom. The summed E-state index contributed by atoms with van der Waals surface area (Å²) in [4.78, 5) is 12.7. The SMILES string of the molecule is Clc1nc(-c2cccnc2)nc(Cl)c1-c1cccc(Br)c1. The van der Waals surface area contributed by atoms with Crippen molar-refractivity contribution in [3.8, 4) is 22.5 Å². The highest BCUT2D eigenvalue weighted by Gasteiger charge is 2.15. The first-order valence-electron chi connectivity index (χ1n) is 6.04. The molecule has 0 fully saturated rings. The summed E-state index contributed by atoms with van der Waals surface area (Å²) in [5, 5.41) is 0.624. The van der Waals surface area contributed by atoms with Crippen molar-refractivity contribution in [2.24, 2.45) is 0 Å². The quantitative estimate of drug-likeness (QED) is 0.568. The highest BCUT2D eigenvalue weighted by Crippen LogP contribution is 2.35. The minimum atomic E-state index is 0.312. The van der Waals surface area contributed by atoms with Gasteiger partial charge in [0.1, 0.15) is 10.3 Å². The van der Waals surface area contributed by atoms with Crippen molar-refractivity contribution >= 4 is 39.1 Å². The predicted molar refractivity (Wildman–Crippen MR) is 88.4 cm³/mol. The highest BCUT2D eigenvalue weighted by atomic mass is 79.9. The number of rotatable bonds is 2. The Kier molecular flexibility index (Phi) is 4.19. The number of pyridine rings is 1. The number of benzene rings is 1. The molecular formula is C15H8BrCl2N3. The second kappa shape index (κ2) is 6.10. The first-order valence-corrected chi connectivity index (χ1v) is 7.59. The molecule has 2 aromatic heterocycles. The lowest BCUT2D eigenvalue weighted by Crippen LogP contribution is -1.95. The van der Waals surface area contributed by atoms with Crippen molar-refractivity contribution in [3.63, 3.8) is 0 Å². The van der Waals surface area contributed by atoms with Crippen LogP contribution in [0.3, 0.4) is 0 Å². The molecule has 0 spiro atoms. The number of halogens is 3. The molecule has 0 amide bonds. The molecule has 0 N–H and O–H groups in total. The fraction of sp³-hybridized carbons (Fsp3) is 0. The van der Waals surface area contributed by atoms with Crippen LogP contribution >= 0.6 is 39.1 Å². The number of nitrogens with zero attached hydrogens (tertiary/aromatic N) is 3. The van der Waals surface area contributed by atoms with E-state index in [9.17, 15) is 0 Å². The highest BCUT2D eigenvalue weighted by molar-refractivity contribution is 9.10. The standard InChI is InChI=1S/C15H8BrCl2N3/c16-11-5-1-3-9(7-11)12-13(17)20-15(21-14(12)18)10-4-2-6-19-8-10/h1-8H. The smallest absolute Gasteiger partial charge is 0.164 e. The van der Waals surface area contributed by atoms with Gasteiger partial charge in [0.25, 0.3) is 0 Å². The van der Waals surface area contributed by atoms with Crippen LogP contribution in [0, 0.1) is 0 Å². The normalized spacial score (nSPS) is 10.6. The van der Waals surface area contributed by atoms with Crippen LogP contribution in [-0.2, 0) is 0 Å². The molecule has 0 bridgehead atoms. The summed E-state index contributed by atoms with van der Waals surface area (Å²) in [6.45, 7) is 0. The van der Waals surface area contributed by atoms with E-state index in [0.29, 0.717) is 21.7 Å². The van der Waals surface area contributed by atoms with Crippen molar-refractivity contribution < 1.29 is 0 Å². The van der Waals surface area contributed by atoms with Gasteiger partial charge < -0.3 is 0 Å². The van der Waals surface area contributed by atoms with Gasteiger partial charge in [-0.25, -0.2) is 9.97 Å². The van der Waals surface area contributed by atoms with E-state index < -0.39 is 0 Å². The third kappa shape index (κ3) is 3.07. The third-order valence-corrected chi connectivity index (χ3v) is 3.89. The van der Waals surface area contributed by atoms with Crippen LogP contribution in [0.15, 0.2) is 53.3 Å². The summed E-state index contributed by atoms with van der Waals surface area (Å²) in [5.74, 6) is 0.455. The van der Waals surface area contributed by atoms with Gasteiger partial charge >= 0.3 is 0 Å². The van der Waals surface area contributed by atoms with E-state index >= 15 is 0 Å². The Balaban J connectivity index is 2.13. The first-order chi connectivity index (χ1) is 10.1. The first kappa shape index (κ1) is 14.4. The summed E-state index contributed by atoms with van der Waals surface area (Å²) in [6.07, 6.45) is 3.35. The van der Waals surface area contributed by atoms with Gasteiger partial charge in [0.15, 0.2) is 5.82 Å². The van der Waals surface area contributed by atoms with Crippen LogP contribution < -0.4 is 0 Å². The van der Waals surface area contributed by atoms with Crippen molar-refractivity contribution in [2.75, 3.05) is 0 Å². The zero-order valence-corrected chi connectivity index (χ0v) is 13.7. The minimum absolute atomic E-state index is 0.312. The summed E-state index contributed by atoms with van der Waals surface area (Å²) in [6, 6.07) is 11.3. The van der Waals surface area contributed by atoms with Crippen LogP contribution in [0.2, 0.25) is 10.3 Å². The van der Waals surface area contributed by atoms with Gasteiger partial charge in [-0.05, 0) is 29.8 Å². The predicted octanol–water partition coefficient (Wildman–Crippen LogP) is 5.27. The van der Waals surface area contributed by atoms with Gasteiger partial charge in [-0.2, -0.15) is 0 Å². The maximum atomic E-state index is 6.30. The van der Waals surface area contributed by atoms with E-state index in [4.69, 9.17) is 23.2 Å². The zero-order valence-electron chi connectivity index (χ0n) is 10.6. The Labute approximate surface area is 140 Å². The molecule has 1 aromatic carbocycles. The molecule has 0 radical (unpaired) electrons. The molecular weight excluding hydrogens is 373 g/mol. The van der Waals surface area contributed by atoms with Crippen LogP contribution in [0.5, 0.6) is 0 Å². The molecule has 6 heteroatoms. The van der Waals surface area contributed by atoms with Crippen LogP contribution in [0.4, 0.5) is 0 Å². The van der Waals surface area contributed by atoms with Gasteiger partial charge in [0, 0.05) is 22.4 Å². The molecule has 104 valence electrons. The van der Waals surface area contributed by atoms with E-state index in [2.05, 4.69) is 30.9 Å². The molecule has 0 unspecified atom stereocenters. The minimum Gasteiger partial charge on any atom is -0.264 e. The van der Waals surface area contributed by atoms with Crippen LogP contribution in [0.1, 0.15) is 0 Å². The maximum absolute atomic E-state index is 6.30. The zero-order chi connectivity index (χ0) is 14.8. The topological polar surface area (TPSA) is 38.7 Å². The average Bonchev–Trinajstić information content (AvgIpc) is 2.47. The Bertz CT molecular complexity index is 771. The number of aromatic nitrogens is 3. The fourth-order valence-corrected chi connectivity index (χ4v) is 2.92. The Morgan fingerprint density at radius 3 is 2.24 bits per heavy atom. The number of hydrogen-bond donors (Lipinski definition) is 0. The molecule has 0 saturated carbocycles. The van der Waals surface area contributed by atoms with Gasteiger partial charge in [-0.1, -0.05) is 51.3 Å². The lowest BCUT2D eigenvalue weighted by molar-refractivity contribution is 1.17. The van der Waals surface area contributed by atoms with E-state index in [1.807, 2.05) is 36.4 Å². The van der Waals surface area contributed by atoms with Gasteiger partial charge in [-0.15, -0.1) is 0 Å². The van der Waals surface area contributed by atoms with Gasteiger partial charge in [0.05, 0.1) is 5.56 Å². The molecule has 0 saturated heterocycles. The van der Waals surface area contributed by atoms with Crippen molar-refractivity contribution in [3.05, 3.63) is 63.6 Å². The van der Waals surface area contributed by atoms with Crippen LogP contribution in [0.25, 0.3) is 22.5 Å². The lowest BCUT2D eigenvalue weighted by atomic mass is 10.1. The molecule has 21 heavy (non-hydrogen) atoms. The van der Waals surface area contributed by atoms with Gasteiger partial charge in [0.2, 0.25) is 0 Å². The van der Waals surface area contributed by atoms with Crippen LogP contribution in [-0.4, -0.2) is 15.0 Å². The fourth-order valence-electron chi connectivity index (χ4n) is 1.91. The summed E-state index contributed by atoms with van der Waals surface area (Å²) >= 11 is 16.0. The van der Waals surface area contributed by atoms with E-state index in [1.165, 1.54) is 0 Å². The molecule has 0 aliphatic heterocycles. The third-order valence-electron chi connectivity index (χ3n) is 2.85. The lowest BCUT2D eigenvalue weighted by Gasteiger charge is -2.09. The molecule has 0 aliphatic rings. The van der Waals surface area contributed by atoms with E-state index in [-0.39, 0.29) is 0 Å². The van der Waals surface area contributed by atoms with Gasteiger partial charge in [-0.3, -0.25) is 4.98 Å². The summed E-state index contributed by atoms with van der Waals surface area (Å²) < 4.78 is 0.934. The maximum Gasteiger partial charge on any atom is 0.164 e. The summed E-state index contributed by atoms with van der Waals surface area (Å²) in [7, 11) is 0. The van der Waals surface area contributed by atoms with E-state index in [1.54, 1.807) is 12.4 Å². The largest absolute Gasteiger partial charge is 0.264 e. The van der Waals surface area contributed by atoms with E-state index in [0.717, 1.165) is 15.6 Å². The second-order valence-corrected chi connectivity index (χ2v) is 5.89. The Hall–Kier alpha value is -1.49. The number of hydrogen-bond acceptors (Lipinski definition) is 3. The molecule has 3 nitrogen and oxygen atoms in total. The average molecular weight is 381 g/mol. The Morgan fingerprint density at radius 1 is 0.905 bits per heavy atom. The summed E-state index contributed by atoms with van der Waals surface area (Å²) in [5.41, 5.74) is 2.24. The molecule has 3 aromatic rings. The molecule has 2 heterocycles. The molecule has 3 rings (SSSR count).